The Labute approximate surface area is 137 Å². The van der Waals surface area contributed by atoms with Crippen LogP contribution in [0.4, 0.5) is 0 Å². The number of amides is 1. The zero-order valence-electron chi connectivity index (χ0n) is 11.1. The number of rotatable bonds is 7. The number of halogens is 2. The van der Waals surface area contributed by atoms with E-state index in [2.05, 4.69) is 5.32 Å². The van der Waals surface area contributed by atoms with Crippen molar-refractivity contribution in [3.8, 4) is 0 Å². The molecule has 4 nitrogen and oxygen atoms in total. The van der Waals surface area contributed by atoms with Gasteiger partial charge in [-0.15, -0.1) is 11.8 Å². The first-order chi connectivity index (χ1) is 9.97. The third-order valence-corrected chi connectivity index (χ3v) is 4.75. The summed E-state index contributed by atoms with van der Waals surface area (Å²) < 4.78 is 0. The predicted octanol–water partition coefficient (Wildman–Crippen LogP) is 3.21. The molecule has 1 aromatic rings. The fourth-order valence-electron chi connectivity index (χ4n) is 1.92. The summed E-state index contributed by atoms with van der Waals surface area (Å²) in [6.45, 7) is 0. The topological polar surface area (TPSA) is 66.4 Å². The molecule has 1 aliphatic carbocycles. The lowest BCUT2D eigenvalue weighted by Gasteiger charge is -2.13. The summed E-state index contributed by atoms with van der Waals surface area (Å²) in [5.41, 5.74) is 0.899. The number of thioether (sulfide) groups is 1. The molecule has 1 fully saturated rings. The molecule has 7 heteroatoms. The van der Waals surface area contributed by atoms with Crippen molar-refractivity contribution in [2.45, 2.75) is 24.6 Å². The van der Waals surface area contributed by atoms with Crippen LogP contribution >= 0.6 is 35.0 Å². The Balaban J connectivity index is 1.77. The van der Waals surface area contributed by atoms with Gasteiger partial charge in [-0.25, -0.2) is 4.79 Å². The highest BCUT2D eigenvalue weighted by Crippen LogP contribution is 2.32. The lowest BCUT2D eigenvalue weighted by molar-refractivity contribution is -0.142. The van der Waals surface area contributed by atoms with Gasteiger partial charge in [0.15, 0.2) is 0 Å². The summed E-state index contributed by atoms with van der Waals surface area (Å²) >= 11 is 13.2. The van der Waals surface area contributed by atoms with Gasteiger partial charge in [0.2, 0.25) is 5.91 Å². The molecule has 1 aromatic carbocycles. The van der Waals surface area contributed by atoms with E-state index in [0.29, 0.717) is 15.8 Å². The second-order valence-corrected chi connectivity index (χ2v) is 6.78. The Hall–Kier alpha value is -0.910. The van der Waals surface area contributed by atoms with Crippen LogP contribution in [0.1, 0.15) is 18.4 Å². The van der Waals surface area contributed by atoms with Crippen LogP contribution in [0, 0.1) is 5.92 Å². The highest BCUT2D eigenvalue weighted by atomic mass is 35.5. The quantitative estimate of drug-likeness (QED) is 0.794. The number of carbonyl (C=O) groups is 2. The number of nitrogens with one attached hydrogen (secondary N) is 1. The van der Waals surface area contributed by atoms with Crippen LogP contribution in [0.5, 0.6) is 0 Å². The second kappa shape index (κ2) is 7.38. The Kier molecular flexibility index (Phi) is 5.79. The molecule has 1 amide bonds. The van der Waals surface area contributed by atoms with Crippen molar-refractivity contribution in [1.82, 2.24) is 5.32 Å². The molecule has 1 atom stereocenters. The molecule has 114 valence electrons. The SMILES string of the molecule is O=C(CSCc1ccc(Cl)cc1Cl)NC(C(=O)O)C1CC1. The normalized spacial score (nSPS) is 15.5. The molecule has 0 aromatic heterocycles. The van der Waals surface area contributed by atoms with Crippen molar-refractivity contribution in [2.24, 2.45) is 5.92 Å². The predicted molar refractivity (Wildman–Crippen MR) is 84.9 cm³/mol. The van der Waals surface area contributed by atoms with Gasteiger partial charge in [0.25, 0.3) is 0 Å². The number of carboxylic acid groups (broad SMARTS) is 1. The summed E-state index contributed by atoms with van der Waals surface area (Å²) in [5, 5.41) is 12.8. The molecule has 1 unspecified atom stereocenters. The number of carboxylic acids is 1. The lowest BCUT2D eigenvalue weighted by atomic mass is 10.2. The average Bonchev–Trinajstić information content (AvgIpc) is 3.22. The molecule has 0 spiro atoms. The zero-order chi connectivity index (χ0) is 15.4. The first-order valence-electron chi connectivity index (χ1n) is 6.51. The van der Waals surface area contributed by atoms with E-state index in [1.807, 2.05) is 6.07 Å². The molecule has 21 heavy (non-hydrogen) atoms. The van der Waals surface area contributed by atoms with Gasteiger partial charge in [0, 0.05) is 15.8 Å². The van der Waals surface area contributed by atoms with Crippen molar-refractivity contribution < 1.29 is 14.7 Å². The molecule has 0 radical (unpaired) electrons. The molecule has 0 heterocycles. The van der Waals surface area contributed by atoms with Crippen LogP contribution in [0.25, 0.3) is 0 Å². The van der Waals surface area contributed by atoms with Crippen LogP contribution < -0.4 is 5.32 Å². The van der Waals surface area contributed by atoms with Crippen LogP contribution in [0.3, 0.4) is 0 Å². The van der Waals surface area contributed by atoms with Crippen molar-refractivity contribution in [1.29, 1.82) is 0 Å². The van der Waals surface area contributed by atoms with Crippen molar-refractivity contribution >= 4 is 46.8 Å². The van der Waals surface area contributed by atoms with Gasteiger partial charge in [0.1, 0.15) is 6.04 Å². The molecular formula is C14H15Cl2NO3S. The second-order valence-electron chi connectivity index (χ2n) is 4.95. The maximum Gasteiger partial charge on any atom is 0.326 e. The summed E-state index contributed by atoms with van der Waals surface area (Å²) in [7, 11) is 0. The van der Waals surface area contributed by atoms with E-state index < -0.39 is 12.0 Å². The minimum atomic E-state index is -0.961. The Bertz CT molecular complexity index is 549. The molecule has 1 saturated carbocycles. The van der Waals surface area contributed by atoms with E-state index in [4.69, 9.17) is 28.3 Å². The third kappa shape index (κ3) is 5.09. The highest BCUT2D eigenvalue weighted by Gasteiger charge is 2.37. The number of benzene rings is 1. The average molecular weight is 348 g/mol. The first-order valence-corrected chi connectivity index (χ1v) is 8.42. The monoisotopic (exact) mass is 347 g/mol. The fraction of sp³-hybridized carbons (Fsp3) is 0.429. The van der Waals surface area contributed by atoms with Crippen molar-refractivity contribution in [3.63, 3.8) is 0 Å². The minimum absolute atomic E-state index is 0.0853. The number of aliphatic carboxylic acids is 1. The molecule has 0 bridgehead atoms. The Morgan fingerprint density at radius 3 is 2.67 bits per heavy atom. The molecule has 0 saturated heterocycles. The van der Waals surface area contributed by atoms with Gasteiger partial charge in [-0.05, 0) is 36.5 Å². The van der Waals surface area contributed by atoms with Gasteiger partial charge in [-0.1, -0.05) is 29.3 Å². The Morgan fingerprint density at radius 2 is 2.10 bits per heavy atom. The van der Waals surface area contributed by atoms with E-state index in [1.165, 1.54) is 11.8 Å². The smallest absolute Gasteiger partial charge is 0.326 e. The molecular weight excluding hydrogens is 333 g/mol. The fourth-order valence-corrected chi connectivity index (χ4v) is 3.32. The molecule has 0 aliphatic heterocycles. The summed E-state index contributed by atoms with van der Waals surface area (Å²) in [4.78, 5) is 22.8. The molecule has 2 N–H and O–H groups in total. The van der Waals surface area contributed by atoms with Crippen LogP contribution in [0.15, 0.2) is 18.2 Å². The van der Waals surface area contributed by atoms with Gasteiger partial charge in [0.05, 0.1) is 5.75 Å². The minimum Gasteiger partial charge on any atom is -0.480 e. The van der Waals surface area contributed by atoms with Gasteiger partial charge < -0.3 is 10.4 Å². The van der Waals surface area contributed by atoms with E-state index >= 15 is 0 Å². The van der Waals surface area contributed by atoms with Crippen LogP contribution in [-0.2, 0) is 15.3 Å². The maximum absolute atomic E-state index is 11.8. The number of hydrogen-bond donors (Lipinski definition) is 2. The third-order valence-electron chi connectivity index (χ3n) is 3.18. The summed E-state index contributed by atoms with van der Waals surface area (Å²) in [6, 6.07) is 4.47. The summed E-state index contributed by atoms with van der Waals surface area (Å²) in [5.74, 6) is -0.358. The standard InChI is InChI=1S/C14H15Cl2NO3S/c15-10-4-3-9(11(16)5-10)6-21-7-12(18)17-13(14(19)20)8-1-2-8/h3-5,8,13H,1-2,6-7H2,(H,17,18)(H,19,20). The Morgan fingerprint density at radius 1 is 1.38 bits per heavy atom. The zero-order valence-corrected chi connectivity index (χ0v) is 13.5. The van der Waals surface area contributed by atoms with Crippen molar-refractivity contribution in [3.05, 3.63) is 33.8 Å². The first kappa shape index (κ1) is 16.5. The maximum atomic E-state index is 11.8. The number of hydrogen-bond acceptors (Lipinski definition) is 3. The van der Waals surface area contributed by atoms with E-state index in [1.54, 1.807) is 12.1 Å². The summed E-state index contributed by atoms with van der Waals surface area (Å²) in [6.07, 6.45) is 1.73. The van der Waals surface area contributed by atoms with E-state index in [-0.39, 0.29) is 17.6 Å². The van der Waals surface area contributed by atoms with E-state index in [0.717, 1.165) is 18.4 Å². The van der Waals surface area contributed by atoms with Gasteiger partial charge in [-0.2, -0.15) is 0 Å². The van der Waals surface area contributed by atoms with Crippen molar-refractivity contribution in [2.75, 3.05) is 5.75 Å². The number of carbonyl (C=O) groups excluding carboxylic acids is 1. The highest BCUT2D eigenvalue weighted by molar-refractivity contribution is 7.99. The molecule has 1 aliphatic rings. The van der Waals surface area contributed by atoms with Gasteiger partial charge >= 0.3 is 5.97 Å². The van der Waals surface area contributed by atoms with Gasteiger partial charge in [-0.3, -0.25) is 4.79 Å². The van der Waals surface area contributed by atoms with Crippen LogP contribution in [-0.4, -0.2) is 28.8 Å². The largest absolute Gasteiger partial charge is 0.480 e. The van der Waals surface area contributed by atoms with E-state index in [9.17, 15) is 9.59 Å². The lowest BCUT2D eigenvalue weighted by Crippen LogP contribution is -2.43. The van der Waals surface area contributed by atoms with Crippen LogP contribution in [0.2, 0.25) is 10.0 Å². The molecule has 2 rings (SSSR count).